The number of hydrogen-bond donors (Lipinski definition) is 22. The third-order valence-corrected chi connectivity index (χ3v) is 19.7. The number of pyridine rings is 1. The predicted octanol–water partition coefficient (Wildman–Crippen LogP) is -6.25. The van der Waals surface area contributed by atoms with Gasteiger partial charge in [0.15, 0.2) is 5.96 Å². The largest absolute Gasteiger partial charge is 0.394 e. The van der Waals surface area contributed by atoms with E-state index >= 15 is 24.0 Å². The van der Waals surface area contributed by atoms with Crippen molar-refractivity contribution in [2.24, 2.45) is 22.9 Å². The van der Waals surface area contributed by atoms with Gasteiger partial charge >= 0.3 is 0 Å². The highest BCUT2D eigenvalue weighted by molar-refractivity contribution is 6.01. The molecule has 42 nitrogen and oxygen atoms in total. The van der Waals surface area contributed by atoms with Crippen LogP contribution in [0.3, 0.4) is 0 Å². The summed E-state index contributed by atoms with van der Waals surface area (Å²) >= 11 is 0. The van der Waals surface area contributed by atoms with Gasteiger partial charge in [0.1, 0.15) is 73.1 Å². The van der Waals surface area contributed by atoms with Crippen molar-refractivity contribution in [1.82, 2.24) is 94.0 Å². The smallest absolute Gasteiger partial charge is 0.246 e. The van der Waals surface area contributed by atoms with Crippen molar-refractivity contribution < 1.29 is 91.6 Å². The van der Waals surface area contributed by atoms with E-state index in [0.717, 1.165) is 15.8 Å². The van der Waals surface area contributed by atoms with E-state index in [2.05, 4.69) is 89.1 Å². The molecule has 652 valence electrons. The summed E-state index contributed by atoms with van der Waals surface area (Å²) in [5.41, 5.74) is 24.8. The number of guanidine groups is 1. The number of aliphatic hydroxyl groups is 2. The van der Waals surface area contributed by atoms with Gasteiger partial charge in [0.2, 0.25) is 88.6 Å². The van der Waals surface area contributed by atoms with E-state index in [0.29, 0.717) is 23.1 Å². The number of imidazole rings is 1. The number of primary amides is 2. The van der Waals surface area contributed by atoms with Gasteiger partial charge in [-0.05, 0) is 86.3 Å². The lowest BCUT2D eigenvalue weighted by molar-refractivity contribution is -0.143. The molecule has 2 saturated heterocycles. The maximum absolute atomic E-state index is 15.4. The number of unbranched alkanes of at least 4 members (excludes halogenated alkanes) is 1. The van der Waals surface area contributed by atoms with E-state index in [4.69, 9.17) is 37.8 Å². The molecule has 15 amide bonds. The fraction of sp³-hybridized carbons (Fsp3) is 0.513. The highest BCUT2D eigenvalue weighted by Gasteiger charge is 2.44. The first-order chi connectivity index (χ1) is 57.6. The number of carbonyl (C=O) groups is 15. The quantitative estimate of drug-likeness (QED) is 0.00985. The standard InChI is InChI=1S/C78H111N23O19/c1-2-3-15-53(93-71(112)57(34-46-23-28-84-29-24-46)97-74(115)60(36-48-39-85-44-90-48)99-70(111)55(19-21-63(80)104)95-75(116)61(42-102)91-65(106)40-89-66(107)43-120-32-31-119-30-25-79)68(109)96-56-20-22-64(105)86-26-10-9-17-52(67(81)108)92-73(114)59(35-47-38-88-51-16-8-7-14-50(47)51)98-69(110)54(18-11-27-87-78(82)83)94-72(113)58(33-45-12-5-4-6-13-45)100-76(117)62-37-49(103)41-101(62)77(56)118/h4-8,12-14,16,23-24,28-29,38-39,44,49,52-62,88,102-103H,2-3,9-11,15,17-22,25-27,30-37,40-43,79H2,1H3,(H2,80,104)(H2,81,108)(H,85,90)(H,86,105)(H,89,107)(H,91,106)(H,92,114)(H,93,112)(H,94,113)(H,95,116)(H,96,109)(H,97,115)(H,98,110)(H,99,111)(H,100,117)(H4,82,83,87)/t49-,52+,53+,54+,55+,56+,57+,58-,59+,60+,61+,62+/m1/s1. The number of aliphatic hydroxyl groups excluding tert-OH is 2. The zero-order valence-corrected chi connectivity index (χ0v) is 66.7. The molecule has 5 heterocycles. The van der Waals surface area contributed by atoms with Gasteiger partial charge in [0, 0.05) is 107 Å². The second-order valence-corrected chi connectivity index (χ2v) is 29.0. The second-order valence-electron chi connectivity index (χ2n) is 29.0. The van der Waals surface area contributed by atoms with Crippen LogP contribution in [-0.4, -0.2) is 268 Å². The fourth-order valence-corrected chi connectivity index (χ4v) is 13.3. The van der Waals surface area contributed by atoms with E-state index in [9.17, 15) is 58.2 Å². The number of carbonyl (C=O) groups excluding carboxylic acids is 15. The van der Waals surface area contributed by atoms with Gasteiger partial charge in [-0.25, -0.2) is 4.98 Å². The summed E-state index contributed by atoms with van der Waals surface area (Å²) in [4.78, 5) is 228. The van der Waals surface area contributed by atoms with Gasteiger partial charge in [-0.15, -0.1) is 0 Å². The summed E-state index contributed by atoms with van der Waals surface area (Å²) in [5.74, 6) is -14.3. The molecule has 0 unspecified atom stereocenters. The third-order valence-electron chi connectivity index (χ3n) is 19.7. The van der Waals surface area contributed by atoms with Gasteiger partial charge in [-0.1, -0.05) is 68.3 Å². The van der Waals surface area contributed by atoms with Crippen molar-refractivity contribution in [1.29, 1.82) is 5.41 Å². The van der Waals surface area contributed by atoms with Crippen molar-refractivity contribution in [3.05, 3.63) is 120 Å². The van der Waals surface area contributed by atoms with E-state index in [1.165, 1.54) is 37.1 Å². The molecule has 12 atom stereocenters. The SMILES string of the molecule is CCCC[C@H](NC(=O)[C@H](Cc1ccncc1)NC(=O)[C@H](Cc1c[nH]cn1)NC(=O)[C@H](CCC(N)=O)NC(=O)[C@H](CO)NC(=O)CNC(=O)COCCOCCN)C(=O)N[C@H]1CCC(=O)NCCCC[C@@H](C(N)=O)NC(=O)[C@H](Cc2c[nH]c3ccccc23)NC(=O)[C@H](CCCNC(=N)N)NC(=O)[C@@H](Cc2ccccc2)NC(=O)[C@@H]2C[C@@H](O)CN2C1=O. The number of hydrogen-bond acceptors (Lipinski definition) is 23. The molecule has 7 rings (SSSR count). The van der Waals surface area contributed by atoms with E-state index in [1.807, 2.05) is 12.1 Å². The number of ether oxygens (including phenoxy) is 2. The molecule has 0 radical (unpaired) electrons. The molecule has 42 heteroatoms. The molecule has 0 aliphatic carbocycles. The van der Waals surface area contributed by atoms with Crippen LogP contribution in [0, 0.1) is 5.41 Å². The van der Waals surface area contributed by atoms with Crippen LogP contribution in [0.5, 0.6) is 0 Å². The number of nitrogens with one attached hydrogen (secondary N) is 16. The van der Waals surface area contributed by atoms with Crippen LogP contribution in [0.2, 0.25) is 0 Å². The number of nitrogens with two attached hydrogens (primary N) is 4. The Labute approximate surface area is 691 Å². The minimum atomic E-state index is -1.74. The lowest BCUT2D eigenvalue weighted by Crippen LogP contribution is -2.61. The minimum Gasteiger partial charge on any atom is -0.394 e. The number of amides is 15. The molecule has 2 aliphatic rings. The topological polar surface area (TPSA) is 660 Å². The van der Waals surface area contributed by atoms with E-state index in [-0.39, 0.29) is 122 Å². The highest BCUT2D eigenvalue weighted by atomic mass is 16.5. The van der Waals surface area contributed by atoms with Crippen molar-refractivity contribution in [2.75, 3.05) is 65.8 Å². The number of H-pyrrole nitrogens is 2. The molecule has 0 bridgehead atoms. The first-order valence-electron chi connectivity index (χ1n) is 39.8. The van der Waals surface area contributed by atoms with Crippen LogP contribution in [0.1, 0.15) is 113 Å². The van der Waals surface area contributed by atoms with Crippen LogP contribution < -0.4 is 92.1 Å². The Hall–Kier alpha value is -12.5. The summed E-state index contributed by atoms with van der Waals surface area (Å²) < 4.78 is 10.4. The Bertz CT molecular complexity index is 4270. The maximum Gasteiger partial charge on any atom is 0.246 e. The zero-order valence-electron chi connectivity index (χ0n) is 66.7. The van der Waals surface area contributed by atoms with Gasteiger partial charge in [0.05, 0.1) is 51.1 Å². The van der Waals surface area contributed by atoms with Crippen LogP contribution >= 0.6 is 0 Å². The number of fused-ring (bicyclic) bond motifs is 2. The highest BCUT2D eigenvalue weighted by Crippen LogP contribution is 2.24. The van der Waals surface area contributed by atoms with Crippen molar-refractivity contribution >= 4 is 105 Å². The molecule has 0 spiro atoms. The average Bonchev–Trinajstić information content (AvgIpc) is 1.65. The van der Waals surface area contributed by atoms with Gasteiger partial charge in [-0.3, -0.25) is 82.3 Å². The Kier molecular flexibility index (Phi) is 39.1. The first kappa shape index (κ1) is 94.6. The second kappa shape index (κ2) is 49.6. The average molecular weight is 1670 g/mol. The number of aromatic amines is 2. The monoisotopic (exact) mass is 1670 g/mol. The molecule has 26 N–H and O–H groups in total. The summed E-state index contributed by atoms with van der Waals surface area (Å²) in [5, 5.41) is 64.0. The molecule has 120 heavy (non-hydrogen) atoms. The van der Waals surface area contributed by atoms with Gasteiger partial charge in [0.25, 0.3) is 0 Å². The molecule has 2 fully saturated rings. The number of nitrogens with zero attached hydrogens (tertiary/aromatic N) is 3. The lowest BCUT2D eigenvalue weighted by atomic mass is 10.0. The van der Waals surface area contributed by atoms with Gasteiger partial charge in [-0.2, -0.15) is 0 Å². The van der Waals surface area contributed by atoms with Crippen LogP contribution in [0.4, 0.5) is 0 Å². The molecular formula is C78H111N23O19. The number of para-hydroxylation sites is 1. The van der Waals surface area contributed by atoms with Crippen LogP contribution in [-0.2, 0) is 107 Å². The maximum atomic E-state index is 15.4. The molecular weight excluding hydrogens is 1560 g/mol. The van der Waals surface area contributed by atoms with Crippen molar-refractivity contribution in [2.45, 2.75) is 189 Å². The van der Waals surface area contributed by atoms with Crippen molar-refractivity contribution in [3.63, 3.8) is 0 Å². The van der Waals surface area contributed by atoms with E-state index in [1.54, 1.807) is 55.6 Å². The Morgan fingerprint density at radius 3 is 1.98 bits per heavy atom. The summed E-state index contributed by atoms with van der Waals surface area (Å²) in [6, 6.07) is 1.49. The van der Waals surface area contributed by atoms with Gasteiger partial charge < -0.3 is 127 Å². The normalized spacial score (nSPS) is 19.7. The molecule has 2 aromatic carbocycles. The predicted molar refractivity (Wildman–Crippen MR) is 431 cm³/mol. The van der Waals surface area contributed by atoms with Crippen LogP contribution in [0.25, 0.3) is 10.9 Å². The molecule has 3 aromatic heterocycles. The number of benzene rings is 2. The third kappa shape index (κ3) is 31.7. The number of aromatic nitrogens is 4. The molecule has 0 saturated carbocycles. The molecule has 5 aromatic rings. The number of rotatable bonds is 40. The van der Waals surface area contributed by atoms with Crippen molar-refractivity contribution in [3.8, 4) is 0 Å². The zero-order chi connectivity index (χ0) is 87.0. The summed E-state index contributed by atoms with van der Waals surface area (Å²) in [6.45, 7) is -0.0728. The summed E-state index contributed by atoms with van der Waals surface area (Å²) in [6.07, 6.45) is 3.36. The van der Waals surface area contributed by atoms with E-state index < -0.39 is 220 Å². The lowest BCUT2D eigenvalue weighted by Gasteiger charge is -2.31. The summed E-state index contributed by atoms with van der Waals surface area (Å²) in [7, 11) is 0. The fourth-order valence-electron chi connectivity index (χ4n) is 13.3. The Balaban J connectivity index is 1.15. The minimum absolute atomic E-state index is 0.0121. The molecule has 2 aliphatic heterocycles. The Morgan fingerprint density at radius 1 is 0.658 bits per heavy atom. The first-order valence-corrected chi connectivity index (χ1v) is 39.8. The Morgan fingerprint density at radius 2 is 1.30 bits per heavy atom. The van der Waals surface area contributed by atoms with Crippen LogP contribution in [0.15, 0.2) is 97.8 Å².